The summed E-state index contributed by atoms with van der Waals surface area (Å²) in [6.07, 6.45) is 0.894. The minimum absolute atomic E-state index is 0.0117. The van der Waals surface area contributed by atoms with Crippen LogP contribution in [0.2, 0.25) is 0 Å². The van der Waals surface area contributed by atoms with Crippen LogP contribution in [-0.2, 0) is 14.0 Å². The van der Waals surface area contributed by atoms with E-state index in [1.807, 2.05) is 27.7 Å². The highest BCUT2D eigenvalue weighted by atomic mass is 19.1. The average molecular weight is 421 g/mol. The van der Waals surface area contributed by atoms with Gasteiger partial charge >= 0.3 is 19.2 Å². The molecule has 0 spiro atoms. The highest BCUT2D eigenvalue weighted by molar-refractivity contribution is 6.56. The van der Waals surface area contributed by atoms with Gasteiger partial charge in [-0.15, -0.1) is 0 Å². The molecular formula is C21H29BFNO6. The first-order valence-corrected chi connectivity index (χ1v) is 9.67. The molecule has 0 aliphatic carbocycles. The van der Waals surface area contributed by atoms with Crippen LogP contribution in [0.1, 0.15) is 64.4 Å². The molecule has 1 amide bonds. The second kappa shape index (κ2) is 8.39. The van der Waals surface area contributed by atoms with Crippen LogP contribution in [0.5, 0.6) is 0 Å². The standard InChI is InChI=1S/C21H29BFNO6/c1-19(2,3)28-18(27)24-12-14(22-29-20(4,5)21(6,7)30-22)10-13-8-9-15(23)11-16(13)17(25)26/h8-11H,12H2,1-7H3,(H,24,27)(H,25,26). The van der Waals surface area contributed by atoms with E-state index >= 15 is 0 Å². The highest BCUT2D eigenvalue weighted by Gasteiger charge is 2.52. The summed E-state index contributed by atoms with van der Waals surface area (Å²) in [5, 5.41) is 12.1. The lowest BCUT2D eigenvalue weighted by Gasteiger charge is -2.32. The summed E-state index contributed by atoms with van der Waals surface area (Å²) in [5.74, 6) is -1.93. The van der Waals surface area contributed by atoms with Gasteiger partial charge in [0.1, 0.15) is 11.4 Å². The van der Waals surface area contributed by atoms with E-state index in [2.05, 4.69) is 5.32 Å². The Morgan fingerprint density at radius 3 is 2.27 bits per heavy atom. The van der Waals surface area contributed by atoms with Crippen LogP contribution >= 0.6 is 0 Å². The molecule has 0 bridgehead atoms. The molecule has 2 rings (SSSR count). The summed E-state index contributed by atoms with van der Waals surface area (Å²) >= 11 is 0. The Morgan fingerprint density at radius 2 is 1.77 bits per heavy atom. The fourth-order valence-corrected chi connectivity index (χ4v) is 2.72. The highest BCUT2D eigenvalue weighted by Crippen LogP contribution is 2.38. The number of hydrogen-bond acceptors (Lipinski definition) is 5. The number of ether oxygens (including phenoxy) is 1. The molecule has 1 aliphatic rings. The predicted octanol–water partition coefficient (Wildman–Crippen LogP) is 4.06. The van der Waals surface area contributed by atoms with Crippen molar-refractivity contribution in [1.82, 2.24) is 5.32 Å². The summed E-state index contributed by atoms with van der Waals surface area (Å²) in [4.78, 5) is 23.7. The van der Waals surface area contributed by atoms with Gasteiger partial charge in [-0.2, -0.15) is 0 Å². The van der Waals surface area contributed by atoms with E-state index in [9.17, 15) is 19.1 Å². The van der Waals surface area contributed by atoms with Crippen LogP contribution in [0, 0.1) is 5.82 Å². The molecule has 164 valence electrons. The van der Waals surface area contributed by atoms with Crippen molar-refractivity contribution in [2.45, 2.75) is 65.3 Å². The number of rotatable bonds is 5. The molecule has 0 aromatic heterocycles. The number of carboxylic acids is 1. The van der Waals surface area contributed by atoms with Crippen molar-refractivity contribution < 1.29 is 33.1 Å². The van der Waals surface area contributed by atoms with E-state index in [0.29, 0.717) is 5.47 Å². The van der Waals surface area contributed by atoms with Crippen LogP contribution in [0.4, 0.5) is 9.18 Å². The summed E-state index contributed by atoms with van der Waals surface area (Å²) in [6.45, 7) is 12.7. The third-order valence-corrected chi connectivity index (χ3v) is 4.98. The van der Waals surface area contributed by atoms with Crippen LogP contribution in [0.15, 0.2) is 23.7 Å². The fourth-order valence-electron chi connectivity index (χ4n) is 2.72. The van der Waals surface area contributed by atoms with Gasteiger partial charge in [0.25, 0.3) is 0 Å². The lowest BCUT2D eigenvalue weighted by Crippen LogP contribution is -2.41. The smallest absolute Gasteiger partial charge is 0.478 e. The van der Waals surface area contributed by atoms with Crippen molar-refractivity contribution in [3.05, 3.63) is 40.6 Å². The van der Waals surface area contributed by atoms with Gasteiger partial charge in [-0.25, -0.2) is 14.0 Å². The molecule has 1 heterocycles. The first-order chi connectivity index (χ1) is 13.6. The first-order valence-electron chi connectivity index (χ1n) is 9.67. The van der Waals surface area contributed by atoms with Crippen LogP contribution in [-0.4, -0.2) is 47.6 Å². The van der Waals surface area contributed by atoms with Gasteiger partial charge in [0.2, 0.25) is 0 Å². The number of aromatic carboxylic acids is 1. The van der Waals surface area contributed by atoms with Crippen molar-refractivity contribution in [3.63, 3.8) is 0 Å². The van der Waals surface area contributed by atoms with Crippen molar-refractivity contribution >= 4 is 25.3 Å². The van der Waals surface area contributed by atoms with Gasteiger partial charge in [0, 0.05) is 6.54 Å². The van der Waals surface area contributed by atoms with Gasteiger partial charge < -0.3 is 24.5 Å². The zero-order valence-corrected chi connectivity index (χ0v) is 18.5. The van der Waals surface area contributed by atoms with Crippen molar-refractivity contribution in [1.29, 1.82) is 0 Å². The number of carbonyl (C=O) groups excluding carboxylic acids is 1. The fraction of sp³-hybridized carbons (Fsp3) is 0.524. The molecule has 7 nitrogen and oxygen atoms in total. The Balaban J connectivity index is 2.39. The number of amides is 1. The Hall–Kier alpha value is -2.39. The molecule has 0 radical (unpaired) electrons. The Labute approximate surface area is 176 Å². The maximum atomic E-state index is 13.6. The molecule has 0 atom stereocenters. The zero-order valence-electron chi connectivity index (χ0n) is 18.5. The average Bonchev–Trinajstić information content (AvgIpc) is 2.78. The predicted molar refractivity (Wildman–Crippen MR) is 112 cm³/mol. The number of hydrogen-bond donors (Lipinski definition) is 2. The SMILES string of the molecule is CC(C)(C)OC(=O)NCC(=Cc1ccc(F)cc1C(=O)O)B1OC(C)(C)C(C)(C)O1. The van der Waals surface area contributed by atoms with E-state index < -0.39 is 41.8 Å². The first kappa shape index (κ1) is 23.9. The molecule has 1 saturated heterocycles. The zero-order chi connectivity index (χ0) is 22.9. The van der Waals surface area contributed by atoms with Gasteiger partial charge in [-0.05, 0) is 71.6 Å². The third kappa shape index (κ3) is 5.83. The van der Waals surface area contributed by atoms with Gasteiger partial charge in [0.15, 0.2) is 0 Å². The minimum Gasteiger partial charge on any atom is -0.478 e. The Kier molecular flexibility index (Phi) is 6.68. The minimum atomic E-state index is -1.27. The third-order valence-electron chi connectivity index (χ3n) is 4.98. The van der Waals surface area contributed by atoms with Crippen molar-refractivity contribution in [2.75, 3.05) is 6.54 Å². The largest absolute Gasteiger partial charge is 0.492 e. The number of carbonyl (C=O) groups is 2. The second-order valence-corrected chi connectivity index (χ2v) is 9.20. The summed E-state index contributed by atoms with van der Waals surface area (Å²) < 4.78 is 30.9. The molecular weight excluding hydrogens is 392 g/mol. The maximum absolute atomic E-state index is 13.6. The number of benzene rings is 1. The van der Waals surface area contributed by atoms with Crippen LogP contribution < -0.4 is 5.32 Å². The molecule has 30 heavy (non-hydrogen) atoms. The van der Waals surface area contributed by atoms with E-state index in [-0.39, 0.29) is 17.7 Å². The van der Waals surface area contributed by atoms with E-state index in [1.165, 1.54) is 18.2 Å². The Morgan fingerprint density at radius 1 is 1.20 bits per heavy atom. The van der Waals surface area contributed by atoms with Crippen LogP contribution in [0.25, 0.3) is 6.08 Å². The molecule has 9 heteroatoms. The van der Waals surface area contributed by atoms with Crippen molar-refractivity contribution in [2.24, 2.45) is 0 Å². The summed E-state index contributed by atoms with van der Waals surface area (Å²) in [5.41, 5.74) is -1.43. The molecule has 1 aliphatic heterocycles. The number of carboxylic acid groups (broad SMARTS) is 1. The maximum Gasteiger partial charge on any atom is 0.492 e. The van der Waals surface area contributed by atoms with E-state index in [0.717, 1.165) is 6.07 Å². The molecule has 2 N–H and O–H groups in total. The normalized spacial score (nSPS) is 18.3. The van der Waals surface area contributed by atoms with Gasteiger partial charge in [-0.3, -0.25) is 0 Å². The van der Waals surface area contributed by atoms with Crippen molar-refractivity contribution in [3.8, 4) is 0 Å². The Bertz CT molecular complexity index is 844. The monoisotopic (exact) mass is 421 g/mol. The molecule has 0 saturated carbocycles. The van der Waals surface area contributed by atoms with Gasteiger partial charge in [-0.1, -0.05) is 12.1 Å². The topological polar surface area (TPSA) is 94.1 Å². The number of alkyl carbamates (subject to hydrolysis) is 1. The summed E-state index contributed by atoms with van der Waals surface area (Å²) in [7, 11) is -0.836. The molecule has 1 fully saturated rings. The van der Waals surface area contributed by atoms with E-state index in [1.54, 1.807) is 20.8 Å². The van der Waals surface area contributed by atoms with Gasteiger partial charge in [0.05, 0.1) is 16.8 Å². The summed E-state index contributed by atoms with van der Waals surface area (Å²) in [6, 6.07) is 3.47. The molecule has 1 aromatic rings. The molecule has 1 aromatic carbocycles. The lowest BCUT2D eigenvalue weighted by atomic mass is 9.76. The molecule has 0 unspecified atom stereocenters. The quantitative estimate of drug-likeness (QED) is 0.697. The number of nitrogens with one attached hydrogen (secondary N) is 1. The van der Waals surface area contributed by atoms with E-state index in [4.69, 9.17) is 14.0 Å². The number of halogens is 1. The lowest BCUT2D eigenvalue weighted by molar-refractivity contribution is 0.00578. The van der Waals surface area contributed by atoms with Crippen LogP contribution in [0.3, 0.4) is 0 Å². The second-order valence-electron chi connectivity index (χ2n) is 9.20.